The second-order valence-electron chi connectivity index (χ2n) is 12.6. The van der Waals surface area contributed by atoms with Gasteiger partial charge in [0.05, 0.1) is 0 Å². The molecule has 7 atom stereocenters. The van der Waals surface area contributed by atoms with Gasteiger partial charge >= 0.3 is 0 Å². The number of benzene rings is 1. The van der Waals surface area contributed by atoms with Gasteiger partial charge in [0.15, 0.2) is 0 Å². The quantitative estimate of drug-likeness (QED) is 0.559. The molecule has 30 heavy (non-hydrogen) atoms. The highest BCUT2D eigenvalue weighted by Gasteiger charge is 2.60. The molecule has 3 aliphatic carbocycles. The van der Waals surface area contributed by atoms with Crippen LogP contribution in [0.4, 0.5) is 0 Å². The Kier molecular flexibility index (Phi) is 4.70. The van der Waals surface area contributed by atoms with E-state index >= 15 is 0 Å². The van der Waals surface area contributed by atoms with E-state index in [1.165, 1.54) is 44.1 Å². The summed E-state index contributed by atoms with van der Waals surface area (Å²) in [5, 5.41) is 3.38. The van der Waals surface area contributed by atoms with E-state index in [1.807, 2.05) is 0 Å². The van der Waals surface area contributed by atoms with Gasteiger partial charge in [-0.05, 0) is 96.0 Å². The largest absolute Gasteiger partial charge is 0.353 e. The predicted molar refractivity (Wildman–Crippen MR) is 123 cm³/mol. The van der Waals surface area contributed by atoms with Crippen LogP contribution in [0.2, 0.25) is 0 Å². The molecule has 4 fully saturated rings. The summed E-state index contributed by atoms with van der Waals surface area (Å²) in [6.45, 7) is 12.1. The summed E-state index contributed by atoms with van der Waals surface area (Å²) >= 11 is 0. The number of piperidine rings is 1. The molecule has 1 N–H and O–H groups in total. The molecule has 1 amide bonds. The number of carbonyl (C=O) groups excluding carboxylic acids is 1. The smallest absolute Gasteiger partial charge is 0.220 e. The number of carbonyl (C=O) groups is 1. The van der Waals surface area contributed by atoms with E-state index < -0.39 is 0 Å². The van der Waals surface area contributed by atoms with Crippen LogP contribution in [0.15, 0.2) is 24.3 Å². The number of fused-ring (bicyclic) bond motifs is 5. The zero-order valence-corrected chi connectivity index (χ0v) is 19.8. The normalized spacial score (nSPS) is 43.4. The van der Waals surface area contributed by atoms with Crippen LogP contribution >= 0.6 is 0 Å². The number of rotatable bonds is 1. The Morgan fingerprint density at radius 2 is 1.70 bits per heavy atom. The first-order chi connectivity index (χ1) is 14.1. The van der Waals surface area contributed by atoms with Crippen LogP contribution in [0.25, 0.3) is 0 Å². The Morgan fingerprint density at radius 3 is 2.47 bits per heavy atom. The Hall–Kier alpha value is -1.31. The molecule has 0 aromatic heterocycles. The first kappa shape index (κ1) is 20.6. The zero-order chi connectivity index (χ0) is 21.3. The minimum Gasteiger partial charge on any atom is -0.353 e. The van der Waals surface area contributed by atoms with E-state index in [4.69, 9.17) is 0 Å². The summed E-state index contributed by atoms with van der Waals surface area (Å²) in [7, 11) is 0. The maximum atomic E-state index is 12.0. The predicted octanol–water partition coefficient (Wildman–Crippen LogP) is 6.59. The van der Waals surface area contributed by atoms with Gasteiger partial charge in [0.25, 0.3) is 0 Å². The topological polar surface area (TPSA) is 29.1 Å². The van der Waals surface area contributed by atoms with Crippen molar-refractivity contribution in [1.82, 2.24) is 5.32 Å². The maximum Gasteiger partial charge on any atom is 0.220 e. The fourth-order valence-corrected chi connectivity index (χ4v) is 8.47. The lowest BCUT2D eigenvalue weighted by atomic mass is 9.47. The summed E-state index contributed by atoms with van der Waals surface area (Å²) in [6, 6.07) is 9.97. The van der Waals surface area contributed by atoms with Crippen molar-refractivity contribution >= 4 is 5.91 Å². The van der Waals surface area contributed by atoms with Crippen LogP contribution in [0, 0.1) is 28.6 Å². The molecule has 1 aliphatic heterocycles. The molecule has 0 bridgehead atoms. The van der Waals surface area contributed by atoms with Gasteiger partial charge in [-0.2, -0.15) is 0 Å². The van der Waals surface area contributed by atoms with Gasteiger partial charge in [0, 0.05) is 12.5 Å². The summed E-state index contributed by atoms with van der Waals surface area (Å²) in [6.07, 6.45) is 9.82. The van der Waals surface area contributed by atoms with E-state index in [0.717, 1.165) is 30.6 Å². The van der Waals surface area contributed by atoms with Crippen LogP contribution in [0.5, 0.6) is 0 Å². The van der Waals surface area contributed by atoms with E-state index in [2.05, 4.69) is 64.2 Å². The monoisotopic (exact) mass is 407 g/mol. The van der Waals surface area contributed by atoms with E-state index in [9.17, 15) is 4.79 Å². The average molecular weight is 408 g/mol. The van der Waals surface area contributed by atoms with Gasteiger partial charge in [-0.1, -0.05) is 58.9 Å². The molecule has 2 unspecified atom stereocenters. The molecular weight excluding hydrogens is 366 g/mol. The molecule has 1 aromatic rings. The summed E-state index contributed by atoms with van der Waals surface area (Å²) in [5.41, 5.74) is 4.05. The minimum atomic E-state index is 0.213. The summed E-state index contributed by atoms with van der Waals surface area (Å²) in [5.74, 6) is 3.51. The third kappa shape index (κ3) is 3.00. The Morgan fingerprint density at radius 1 is 0.933 bits per heavy atom. The molecule has 1 heterocycles. The minimum absolute atomic E-state index is 0.213. The van der Waals surface area contributed by atoms with E-state index in [1.54, 1.807) is 5.56 Å². The van der Waals surface area contributed by atoms with Crippen molar-refractivity contribution in [3.05, 3.63) is 35.4 Å². The molecule has 1 aromatic carbocycles. The maximum absolute atomic E-state index is 12.0. The molecule has 0 spiro atoms. The highest BCUT2D eigenvalue weighted by atomic mass is 16.1. The first-order valence-corrected chi connectivity index (χ1v) is 12.5. The van der Waals surface area contributed by atoms with Crippen LogP contribution in [-0.4, -0.2) is 11.9 Å². The molecule has 164 valence electrons. The molecule has 1 saturated heterocycles. The van der Waals surface area contributed by atoms with Gasteiger partial charge in [-0.15, -0.1) is 0 Å². The Labute approximate surface area is 183 Å². The van der Waals surface area contributed by atoms with Gasteiger partial charge in [0.2, 0.25) is 5.91 Å². The zero-order valence-electron chi connectivity index (χ0n) is 19.8. The summed E-state index contributed by atoms with van der Waals surface area (Å²) in [4.78, 5) is 12.0. The molecular formula is C28H41NO. The fraction of sp³-hybridized carbons (Fsp3) is 0.750. The molecule has 0 radical (unpaired) electrons. The lowest BCUT2D eigenvalue weighted by molar-refractivity contribution is -0.136. The third-order valence-electron chi connectivity index (χ3n) is 10.2. The molecule has 3 saturated carbocycles. The van der Waals surface area contributed by atoms with Crippen LogP contribution in [0.1, 0.15) is 103 Å². The molecule has 2 nitrogen and oxygen atoms in total. The fourth-order valence-electron chi connectivity index (χ4n) is 8.47. The van der Waals surface area contributed by atoms with Crippen molar-refractivity contribution in [3.8, 4) is 0 Å². The van der Waals surface area contributed by atoms with Crippen molar-refractivity contribution < 1.29 is 4.79 Å². The average Bonchev–Trinajstić information content (AvgIpc) is 3.05. The number of hydrogen-bond acceptors (Lipinski definition) is 1. The van der Waals surface area contributed by atoms with Crippen LogP contribution < -0.4 is 5.32 Å². The second-order valence-corrected chi connectivity index (χ2v) is 12.6. The van der Waals surface area contributed by atoms with Crippen molar-refractivity contribution in [2.45, 2.75) is 103 Å². The highest BCUT2D eigenvalue weighted by Crippen LogP contribution is 2.67. The van der Waals surface area contributed by atoms with Gasteiger partial charge in [-0.3, -0.25) is 4.79 Å². The Balaban J connectivity index is 1.43. The van der Waals surface area contributed by atoms with E-state index in [0.29, 0.717) is 22.8 Å². The van der Waals surface area contributed by atoms with Crippen LogP contribution in [0.3, 0.4) is 0 Å². The molecule has 2 heteroatoms. The number of hydrogen-bond donors (Lipinski definition) is 1. The number of nitrogens with one attached hydrogen (secondary N) is 1. The van der Waals surface area contributed by atoms with Gasteiger partial charge in [-0.25, -0.2) is 0 Å². The van der Waals surface area contributed by atoms with Gasteiger partial charge < -0.3 is 5.32 Å². The van der Waals surface area contributed by atoms with Gasteiger partial charge in [0.1, 0.15) is 0 Å². The number of amides is 1. The van der Waals surface area contributed by atoms with Crippen molar-refractivity contribution in [2.24, 2.45) is 28.6 Å². The highest BCUT2D eigenvalue weighted by molar-refractivity contribution is 5.77. The SMILES string of the molecule is CC(C)(C)c1cccc(C2CC[C@H]3[C@@H]4CCC5NC(=O)CC[C@]5(C)[C@@H]4CC[C@]23C)c1. The molecule has 4 aliphatic rings. The van der Waals surface area contributed by atoms with Crippen molar-refractivity contribution in [3.63, 3.8) is 0 Å². The van der Waals surface area contributed by atoms with E-state index in [-0.39, 0.29) is 11.3 Å². The van der Waals surface area contributed by atoms with Crippen LogP contribution in [-0.2, 0) is 10.2 Å². The molecule has 5 rings (SSSR count). The second kappa shape index (κ2) is 6.84. The third-order valence-corrected chi connectivity index (χ3v) is 10.2. The van der Waals surface area contributed by atoms with Crippen molar-refractivity contribution in [1.29, 1.82) is 0 Å². The Bertz CT molecular complexity index is 837. The van der Waals surface area contributed by atoms with Crippen molar-refractivity contribution in [2.75, 3.05) is 0 Å². The summed E-state index contributed by atoms with van der Waals surface area (Å²) < 4.78 is 0. The lowest BCUT2D eigenvalue weighted by Crippen LogP contribution is -2.60. The first-order valence-electron chi connectivity index (χ1n) is 12.5. The lowest BCUT2D eigenvalue weighted by Gasteiger charge is -2.60. The standard InChI is InChI=1S/C28H41NO/c1-26(2,3)19-8-6-7-18(17-19)21-10-11-22-20-9-12-24-28(5,16-14-25(30)29-24)23(20)13-15-27(21,22)4/h6-8,17,20-24H,9-16H2,1-5H3,(H,29,30)/t20-,21?,22-,23+,24?,27+,28+/m0/s1.